The van der Waals surface area contributed by atoms with Gasteiger partial charge in [0.05, 0.1) is 4.90 Å². The Morgan fingerprint density at radius 3 is 1.38 bits per heavy atom. The number of halogens is 8. The summed E-state index contributed by atoms with van der Waals surface area (Å²) in [7, 11) is -8.10. The fraction of sp³-hybridized carbons (Fsp3) is 0. The standard InChI is InChI=1S/C6H5ClF4S.BF3/c7-12(8,9,10,11)6-4-2-1-3-5-6;2-1(3)4/h1-5H;. The molecule has 0 radical (unpaired) electrons. The lowest BCUT2D eigenvalue weighted by Gasteiger charge is -2.42. The molecule has 0 aliphatic heterocycles. The average Bonchev–Trinajstić information content (AvgIpc) is 2.01. The number of hydrogen-bond acceptors (Lipinski definition) is 0. The summed E-state index contributed by atoms with van der Waals surface area (Å²) in [6.07, 6.45) is 0. The van der Waals surface area contributed by atoms with Crippen molar-refractivity contribution in [3.8, 4) is 0 Å². The maximum absolute atomic E-state index is 12.4. The zero-order valence-corrected chi connectivity index (χ0v) is 8.97. The minimum absolute atomic E-state index is 0.606. The van der Waals surface area contributed by atoms with Crippen LogP contribution in [0.15, 0.2) is 35.2 Å². The molecular weight excluding hydrogens is 283 g/mol. The van der Waals surface area contributed by atoms with Crippen LogP contribution in [-0.4, -0.2) is 7.54 Å². The molecule has 0 heterocycles. The number of rotatable bonds is 1. The van der Waals surface area contributed by atoms with Gasteiger partial charge in [0, 0.05) is 10.7 Å². The molecule has 0 saturated carbocycles. The second-order valence-corrected chi connectivity index (χ2v) is 6.80. The molecule has 94 valence electrons. The van der Waals surface area contributed by atoms with E-state index in [0.29, 0.717) is 12.1 Å². The monoisotopic (exact) mass is 288 g/mol. The van der Waals surface area contributed by atoms with Crippen molar-refractivity contribution in [2.75, 3.05) is 0 Å². The fourth-order valence-electron chi connectivity index (χ4n) is 0.678. The quantitative estimate of drug-likeness (QED) is 0.473. The van der Waals surface area contributed by atoms with E-state index in [1.165, 1.54) is 6.07 Å². The third-order valence-electron chi connectivity index (χ3n) is 1.19. The van der Waals surface area contributed by atoms with Crippen LogP contribution in [0, 0.1) is 0 Å². The minimum atomic E-state index is -8.45. The lowest BCUT2D eigenvalue weighted by Crippen LogP contribution is -2.03. The van der Waals surface area contributed by atoms with Gasteiger partial charge in [0.15, 0.2) is 0 Å². The molecule has 0 aliphatic carbocycles. The summed E-state index contributed by atoms with van der Waals surface area (Å²) in [6, 6.07) is 4.72. The van der Waals surface area contributed by atoms with E-state index in [4.69, 9.17) is 0 Å². The van der Waals surface area contributed by atoms with Gasteiger partial charge in [-0.3, -0.25) is 12.9 Å². The van der Waals surface area contributed by atoms with Crippen molar-refractivity contribution in [3.05, 3.63) is 30.3 Å². The van der Waals surface area contributed by atoms with Crippen molar-refractivity contribution in [2.45, 2.75) is 4.90 Å². The van der Waals surface area contributed by atoms with Gasteiger partial charge in [-0.25, -0.2) is 0 Å². The molecule has 1 aromatic carbocycles. The Hall–Kier alpha value is -0.565. The van der Waals surface area contributed by atoms with E-state index in [0.717, 1.165) is 12.1 Å². The minimum Gasteiger partial charge on any atom is -0.254 e. The van der Waals surface area contributed by atoms with Gasteiger partial charge < -0.3 is 0 Å². The maximum atomic E-state index is 12.4. The van der Waals surface area contributed by atoms with Crippen LogP contribution >= 0.6 is 19.7 Å². The van der Waals surface area contributed by atoms with Crippen LogP contribution in [0.4, 0.5) is 28.5 Å². The normalized spacial score (nSPS) is 15.2. The largest absolute Gasteiger partial charge is 0.762 e. The van der Waals surface area contributed by atoms with Gasteiger partial charge in [0.25, 0.3) is 9.05 Å². The van der Waals surface area contributed by atoms with E-state index in [2.05, 4.69) is 10.7 Å². The molecule has 0 amide bonds. The van der Waals surface area contributed by atoms with Crippen LogP contribution in [0.5, 0.6) is 0 Å². The van der Waals surface area contributed by atoms with Crippen molar-refractivity contribution >= 4 is 27.3 Å². The van der Waals surface area contributed by atoms with Gasteiger partial charge in [-0.15, -0.1) is 15.5 Å². The highest BCUT2D eigenvalue weighted by Gasteiger charge is 2.62. The van der Waals surface area contributed by atoms with Gasteiger partial charge in [0.2, 0.25) is 0 Å². The number of benzene rings is 1. The van der Waals surface area contributed by atoms with Gasteiger partial charge in [0.1, 0.15) is 0 Å². The second-order valence-electron chi connectivity index (χ2n) is 2.53. The molecule has 0 spiro atoms. The smallest absolute Gasteiger partial charge is 0.254 e. The van der Waals surface area contributed by atoms with Crippen molar-refractivity contribution in [1.82, 2.24) is 0 Å². The molecule has 0 fully saturated rings. The first-order valence-electron chi connectivity index (χ1n) is 3.54. The van der Waals surface area contributed by atoms with Crippen LogP contribution < -0.4 is 0 Å². The summed E-state index contributed by atoms with van der Waals surface area (Å²) in [6.45, 7) is 0. The van der Waals surface area contributed by atoms with Crippen molar-refractivity contribution in [2.24, 2.45) is 0 Å². The van der Waals surface area contributed by atoms with E-state index in [1.54, 1.807) is 0 Å². The van der Waals surface area contributed by atoms with Crippen molar-refractivity contribution in [3.63, 3.8) is 0 Å². The molecule has 16 heavy (non-hydrogen) atoms. The summed E-state index contributed by atoms with van der Waals surface area (Å²) in [5.41, 5.74) is 0. The molecule has 1 rings (SSSR count). The summed E-state index contributed by atoms with van der Waals surface area (Å²) >= 11 is 0. The Morgan fingerprint density at radius 2 is 1.19 bits per heavy atom. The van der Waals surface area contributed by atoms with Gasteiger partial charge in [-0.05, 0) is 12.1 Å². The molecule has 0 unspecified atom stereocenters. The van der Waals surface area contributed by atoms with Crippen LogP contribution in [0.3, 0.4) is 0 Å². The maximum Gasteiger partial charge on any atom is 0.762 e. The zero-order chi connectivity index (χ0) is 13.1. The predicted octanol–water partition coefficient (Wildman–Crippen LogP) is 5.49. The van der Waals surface area contributed by atoms with Crippen LogP contribution in [-0.2, 0) is 0 Å². The molecule has 0 bridgehead atoms. The van der Waals surface area contributed by atoms with E-state index in [9.17, 15) is 28.5 Å². The molecule has 1 aromatic rings. The highest BCUT2D eigenvalue weighted by molar-refractivity contribution is 8.65. The number of hydrogen-bond donors (Lipinski definition) is 0. The molecular formula is C6H5BClF7S. The Labute approximate surface area is 91.6 Å². The molecule has 0 saturated heterocycles. The van der Waals surface area contributed by atoms with Crippen molar-refractivity contribution in [1.29, 1.82) is 0 Å². The topological polar surface area (TPSA) is 0 Å². The summed E-state index contributed by atoms with van der Waals surface area (Å²) in [5, 5.41) is 0. The van der Waals surface area contributed by atoms with Gasteiger partial charge in [-0.2, -0.15) is 0 Å². The third kappa shape index (κ3) is 6.83. The fourth-order valence-corrected chi connectivity index (χ4v) is 1.66. The Bertz CT molecular complexity index is 333. The van der Waals surface area contributed by atoms with Crippen molar-refractivity contribution < 1.29 is 28.5 Å². The van der Waals surface area contributed by atoms with Crippen LogP contribution in [0.1, 0.15) is 0 Å². The first kappa shape index (κ1) is 15.4. The first-order valence-corrected chi connectivity index (χ1v) is 6.42. The van der Waals surface area contributed by atoms with Crippen LogP contribution in [0.2, 0.25) is 0 Å². The predicted molar refractivity (Wildman–Crippen MR) is 51.7 cm³/mol. The molecule has 0 nitrogen and oxygen atoms in total. The summed E-state index contributed by atoms with van der Waals surface area (Å²) in [5.74, 6) is 0. The van der Waals surface area contributed by atoms with E-state index in [-0.39, 0.29) is 0 Å². The molecule has 10 heteroatoms. The molecule has 0 aliphatic rings. The SMILES string of the molecule is FB(F)F.FS(F)(F)(F)(Cl)c1ccccc1. The van der Waals surface area contributed by atoms with Gasteiger partial charge >= 0.3 is 7.54 Å². The third-order valence-corrected chi connectivity index (χ3v) is 2.89. The summed E-state index contributed by atoms with van der Waals surface area (Å²) in [4.78, 5) is -1.42. The Kier molecular flexibility index (Phi) is 3.89. The first-order chi connectivity index (χ1) is 6.83. The lowest BCUT2D eigenvalue weighted by molar-refractivity contribution is 0.480. The highest BCUT2D eigenvalue weighted by Crippen LogP contribution is 3.04. The molecule has 0 N–H and O–H groups in total. The second kappa shape index (κ2) is 4.03. The van der Waals surface area contributed by atoms with E-state index < -0.39 is 21.5 Å². The highest BCUT2D eigenvalue weighted by atomic mass is 35.7. The lowest BCUT2D eigenvalue weighted by atomic mass is 10.4. The Balaban J connectivity index is 0.000000487. The average molecular weight is 288 g/mol. The van der Waals surface area contributed by atoms with E-state index >= 15 is 0 Å². The summed E-state index contributed by atoms with van der Waals surface area (Å²) < 4.78 is 78.5. The molecule has 0 aromatic heterocycles. The van der Waals surface area contributed by atoms with Gasteiger partial charge in [-0.1, -0.05) is 18.2 Å². The van der Waals surface area contributed by atoms with Crippen LogP contribution in [0.25, 0.3) is 0 Å². The Morgan fingerprint density at radius 1 is 0.875 bits per heavy atom. The zero-order valence-electron chi connectivity index (χ0n) is 7.40. The molecule has 0 atom stereocenters. The van der Waals surface area contributed by atoms with E-state index in [1.807, 2.05) is 0 Å².